The van der Waals surface area contributed by atoms with Crippen molar-refractivity contribution >= 4 is 27.7 Å². The molecule has 0 saturated heterocycles. The van der Waals surface area contributed by atoms with Gasteiger partial charge in [-0.15, -0.1) is 0 Å². The van der Waals surface area contributed by atoms with Gasteiger partial charge in [0.15, 0.2) is 10.4 Å². The molecule has 0 saturated carbocycles. The van der Waals surface area contributed by atoms with Gasteiger partial charge in [0.2, 0.25) is 0 Å². The van der Waals surface area contributed by atoms with Crippen LogP contribution >= 0.6 is 15.9 Å². The highest BCUT2D eigenvalue weighted by Gasteiger charge is 2.15. The number of benzene rings is 1. The second-order valence-corrected chi connectivity index (χ2v) is 6.27. The number of rotatable bonds is 4. The van der Waals surface area contributed by atoms with Crippen molar-refractivity contribution < 1.29 is 18.4 Å². The van der Waals surface area contributed by atoms with Gasteiger partial charge >= 0.3 is 5.91 Å². The number of hydrogen-bond donors (Lipinski definition) is 2. The highest BCUT2D eigenvalue weighted by atomic mass is 79.9. The van der Waals surface area contributed by atoms with E-state index in [-0.39, 0.29) is 23.7 Å². The van der Waals surface area contributed by atoms with Gasteiger partial charge in [-0.1, -0.05) is 12.1 Å². The molecule has 0 aliphatic carbocycles. The van der Waals surface area contributed by atoms with E-state index in [0.717, 1.165) is 0 Å². The maximum atomic E-state index is 13.0. The molecule has 0 radical (unpaired) electrons. The number of pyridine rings is 1. The first-order valence-electron chi connectivity index (χ1n) is 7.74. The predicted octanol–water partition coefficient (Wildman–Crippen LogP) is 2.47. The number of carbonyl (C=O) groups is 2. The average molecular weight is 434 g/mol. The zero-order valence-corrected chi connectivity index (χ0v) is 15.3. The van der Waals surface area contributed by atoms with E-state index in [1.54, 1.807) is 12.1 Å². The van der Waals surface area contributed by atoms with E-state index in [2.05, 4.69) is 26.8 Å². The Bertz CT molecular complexity index is 1040. The van der Waals surface area contributed by atoms with Crippen molar-refractivity contribution in [2.75, 3.05) is 0 Å². The Labute approximate surface area is 160 Å². The Hall–Kier alpha value is -3.20. The molecule has 2 amide bonds. The molecule has 138 valence electrons. The molecule has 3 aromatic rings. The molecule has 2 aromatic heterocycles. The molecule has 0 aliphatic heterocycles. The number of nitrogens with zero attached hydrogens (tertiary/aromatic N) is 1. The first kappa shape index (κ1) is 18.6. The minimum atomic E-state index is -0.771. The van der Waals surface area contributed by atoms with Crippen molar-refractivity contribution in [1.29, 1.82) is 0 Å². The van der Waals surface area contributed by atoms with E-state index in [1.807, 2.05) is 0 Å². The van der Waals surface area contributed by atoms with Gasteiger partial charge in [0.25, 0.3) is 11.5 Å². The minimum absolute atomic E-state index is 0.0102. The van der Waals surface area contributed by atoms with Gasteiger partial charge < -0.3 is 8.98 Å². The van der Waals surface area contributed by atoms with Gasteiger partial charge in [0.05, 0.1) is 6.54 Å². The quantitative estimate of drug-likeness (QED) is 0.618. The number of aromatic nitrogens is 1. The summed E-state index contributed by atoms with van der Waals surface area (Å²) in [6, 6.07) is 11.5. The average Bonchev–Trinajstić information content (AvgIpc) is 3.09. The third-order valence-electron chi connectivity index (χ3n) is 3.62. The van der Waals surface area contributed by atoms with Crippen molar-refractivity contribution in [3.63, 3.8) is 0 Å². The summed E-state index contributed by atoms with van der Waals surface area (Å²) in [7, 11) is 0. The topological polar surface area (TPSA) is 93.3 Å². The van der Waals surface area contributed by atoms with Crippen LogP contribution in [0.4, 0.5) is 4.39 Å². The van der Waals surface area contributed by atoms with Crippen LogP contribution in [0.1, 0.15) is 26.5 Å². The maximum Gasteiger partial charge on any atom is 0.305 e. The van der Waals surface area contributed by atoms with Crippen molar-refractivity contribution in [1.82, 2.24) is 15.4 Å². The summed E-state index contributed by atoms with van der Waals surface area (Å²) in [4.78, 5) is 36.6. The number of amides is 2. The maximum absolute atomic E-state index is 13.0. The Morgan fingerprint density at radius 1 is 1.04 bits per heavy atom. The predicted molar refractivity (Wildman–Crippen MR) is 97.5 cm³/mol. The fourth-order valence-electron chi connectivity index (χ4n) is 2.30. The van der Waals surface area contributed by atoms with E-state index in [9.17, 15) is 18.8 Å². The fourth-order valence-corrected chi connectivity index (χ4v) is 2.61. The van der Waals surface area contributed by atoms with Gasteiger partial charge in [-0.2, -0.15) is 0 Å². The largest absolute Gasteiger partial charge is 0.444 e. The second kappa shape index (κ2) is 8.00. The van der Waals surface area contributed by atoms with Crippen LogP contribution in [0.2, 0.25) is 0 Å². The molecule has 27 heavy (non-hydrogen) atoms. The number of halogens is 2. The van der Waals surface area contributed by atoms with Crippen molar-refractivity contribution in [2.24, 2.45) is 0 Å². The smallest absolute Gasteiger partial charge is 0.305 e. The lowest BCUT2D eigenvalue weighted by molar-refractivity contribution is 0.0829. The van der Waals surface area contributed by atoms with Gasteiger partial charge in [-0.3, -0.25) is 25.2 Å². The molecule has 3 rings (SSSR count). The molecule has 2 heterocycles. The molecule has 0 atom stereocenters. The molecule has 9 heteroatoms. The van der Waals surface area contributed by atoms with E-state index >= 15 is 0 Å². The van der Waals surface area contributed by atoms with Crippen LogP contribution in [-0.2, 0) is 6.54 Å². The van der Waals surface area contributed by atoms with Crippen LogP contribution in [0.25, 0.3) is 0 Å². The van der Waals surface area contributed by atoms with E-state index in [4.69, 9.17) is 4.42 Å². The summed E-state index contributed by atoms with van der Waals surface area (Å²) < 4.78 is 19.7. The fraction of sp³-hybridized carbons (Fsp3) is 0.0556. The number of hydrogen-bond acceptors (Lipinski definition) is 4. The van der Waals surface area contributed by atoms with Gasteiger partial charge in [0.1, 0.15) is 11.4 Å². The number of furan rings is 1. The lowest BCUT2D eigenvalue weighted by Gasteiger charge is -2.09. The Morgan fingerprint density at radius 3 is 2.41 bits per heavy atom. The molecule has 0 fully saturated rings. The summed E-state index contributed by atoms with van der Waals surface area (Å²) in [5, 5.41) is 0. The normalized spacial score (nSPS) is 10.4. The lowest BCUT2D eigenvalue weighted by Crippen LogP contribution is -2.44. The number of nitrogens with one attached hydrogen (secondary N) is 2. The molecule has 0 spiro atoms. The summed E-state index contributed by atoms with van der Waals surface area (Å²) in [5.41, 5.74) is 4.34. The van der Waals surface area contributed by atoms with Crippen LogP contribution < -0.4 is 16.4 Å². The van der Waals surface area contributed by atoms with Gasteiger partial charge in [0, 0.05) is 6.20 Å². The summed E-state index contributed by atoms with van der Waals surface area (Å²) in [6.45, 7) is 0.174. The highest BCUT2D eigenvalue weighted by molar-refractivity contribution is 9.10. The number of hydrazine groups is 1. The summed E-state index contributed by atoms with van der Waals surface area (Å²) >= 11 is 3.07. The van der Waals surface area contributed by atoms with Crippen molar-refractivity contribution in [3.8, 4) is 0 Å². The van der Waals surface area contributed by atoms with Crippen LogP contribution in [0.5, 0.6) is 0 Å². The first-order chi connectivity index (χ1) is 12.9. The zero-order chi connectivity index (χ0) is 19.4. The van der Waals surface area contributed by atoms with Crippen molar-refractivity contribution in [2.45, 2.75) is 6.54 Å². The molecule has 7 nitrogen and oxygen atoms in total. The second-order valence-electron chi connectivity index (χ2n) is 5.49. The molecule has 0 aliphatic rings. The molecular formula is C18H13BrFN3O4. The van der Waals surface area contributed by atoms with Gasteiger partial charge in [-0.25, -0.2) is 4.39 Å². The lowest BCUT2D eigenvalue weighted by atomic mass is 10.2. The Balaban J connectivity index is 1.70. The summed E-state index contributed by atoms with van der Waals surface area (Å²) in [5.74, 6) is -1.83. The van der Waals surface area contributed by atoms with Crippen LogP contribution in [0.3, 0.4) is 0 Å². The monoisotopic (exact) mass is 433 g/mol. The third kappa shape index (κ3) is 4.50. The third-order valence-corrected chi connectivity index (χ3v) is 4.04. The molecule has 2 N–H and O–H groups in total. The molecule has 0 unspecified atom stereocenters. The molecule has 0 bridgehead atoms. The first-order valence-corrected chi connectivity index (χ1v) is 8.53. The van der Waals surface area contributed by atoms with Crippen LogP contribution in [0.15, 0.2) is 68.6 Å². The van der Waals surface area contributed by atoms with E-state index in [1.165, 1.54) is 47.2 Å². The summed E-state index contributed by atoms with van der Waals surface area (Å²) in [6.07, 6.45) is 1.52. The van der Waals surface area contributed by atoms with Crippen LogP contribution in [-0.4, -0.2) is 16.4 Å². The van der Waals surface area contributed by atoms with Crippen LogP contribution in [0, 0.1) is 5.82 Å². The van der Waals surface area contributed by atoms with Gasteiger partial charge in [-0.05, 0) is 57.9 Å². The SMILES string of the molecule is O=C(NNC(=O)c1cccn(Cc2ccc(F)cc2)c1=O)c1ccc(Br)o1. The highest BCUT2D eigenvalue weighted by Crippen LogP contribution is 2.13. The Morgan fingerprint density at radius 2 is 1.74 bits per heavy atom. The molecular weight excluding hydrogens is 421 g/mol. The Kier molecular flexibility index (Phi) is 5.51. The zero-order valence-electron chi connectivity index (χ0n) is 13.7. The van der Waals surface area contributed by atoms with Crippen molar-refractivity contribution in [3.05, 3.63) is 92.5 Å². The van der Waals surface area contributed by atoms with E-state index < -0.39 is 17.4 Å². The minimum Gasteiger partial charge on any atom is -0.444 e. The standard InChI is InChI=1S/C18H13BrFN3O4/c19-15-8-7-14(27-15)17(25)22-21-16(24)13-2-1-9-23(18(13)26)10-11-3-5-12(20)6-4-11/h1-9H,10H2,(H,21,24)(H,22,25). The number of carbonyl (C=O) groups excluding carboxylic acids is 2. The van der Waals surface area contributed by atoms with E-state index in [0.29, 0.717) is 10.2 Å². The molecule has 1 aromatic carbocycles.